The van der Waals surface area contributed by atoms with Crippen LogP contribution in [0.4, 0.5) is 0 Å². The number of ether oxygens (including phenoxy) is 1. The summed E-state index contributed by atoms with van der Waals surface area (Å²) in [5, 5.41) is 0.741. The molecule has 5 heteroatoms. The van der Waals surface area contributed by atoms with Gasteiger partial charge in [-0.3, -0.25) is 9.78 Å². The molecular weight excluding hydrogens is 196 g/mol. The Morgan fingerprint density at radius 2 is 2.33 bits per heavy atom. The first-order valence-electron chi connectivity index (χ1n) is 4.28. The van der Waals surface area contributed by atoms with E-state index >= 15 is 0 Å². The number of nitrogens with one attached hydrogen (secondary N) is 1. The average molecular weight is 204 g/mol. The number of fused-ring (bicyclic) bond motifs is 1. The number of pyridine rings is 2. The zero-order valence-electron chi connectivity index (χ0n) is 7.98. The lowest BCUT2D eigenvalue weighted by Crippen LogP contribution is -2.18. The molecule has 2 aromatic heterocycles. The molecule has 0 aliphatic carbocycles. The molecule has 0 unspecified atom stereocenters. The van der Waals surface area contributed by atoms with E-state index in [9.17, 15) is 9.59 Å². The predicted octanol–water partition coefficient (Wildman–Crippen LogP) is 0.710. The number of esters is 1. The quantitative estimate of drug-likeness (QED) is 0.694. The molecule has 0 spiro atoms. The van der Waals surface area contributed by atoms with Crippen LogP contribution in [0, 0.1) is 0 Å². The van der Waals surface area contributed by atoms with E-state index in [1.807, 2.05) is 0 Å². The molecule has 0 atom stereocenters. The number of aromatic nitrogens is 2. The number of nitrogens with zero attached hydrogens (tertiary/aromatic N) is 1. The highest BCUT2D eigenvalue weighted by molar-refractivity contribution is 5.93. The maximum absolute atomic E-state index is 11.4. The van der Waals surface area contributed by atoms with Crippen molar-refractivity contribution >= 4 is 16.9 Å². The summed E-state index contributed by atoms with van der Waals surface area (Å²) in [4.78, 5) is 29.1. The van der Waals surface area contributed by atoms with Crippen molar-refractivity contribution in [2.24, 2.45) is 0 Å². The molecule has 5 nitrogen and oxygen atoms in total. The van der Waals surface area contributed by atoms with Crippen LogP contribution in [0.5, 0.6) is 0 Å². The summed E-state index contributed by atoms with van der Waals surface area (Å²) in [6.07, 6.45) is 3.11. The summed E-state index contributed by atoms with van der Waals surface area (Å²) in [5.41, 5.74) is 0.119. The van der Waals surface area contributed by atoms with Crippen molar-refractivity contribution in [2.75, 3.05) is 7.11 Å². The van der Waals surface area contributed by atoms with Gasteiger partial charge in [-0.1, -0.05) is 0 Å². The summed E-state index contributed by atoms with van der Waals surface area (Å²) in [6, 6.07) is 3.19. The van der Waals surface area contributed by atoms with Crippen molar-refractivity contribution in [2.45, 2.75) is 0 Å². The smallest absolute Gasteiger partial charge is 0.343 e. The topological polar surface area (TPSA) is 72.0 Å². The average Bonchev–Trinajstić information content (AvgIpc) is 2.27. The highest BCUT2D eigenvalue weighted by Crippen LogP contribution is 2.08. The third-order valence-electron chi connectivity index (χ3n) is 2.05. The van der Waals surface area contributed by atoms with Crippen LogP contribution in [-0.2, 0) is 4.74 Å². The maximum Gasteiger partial charge on any atom is 0.343 e. The summed E-state index contributed by atoms with van der Waals surface area (Å²) < 4.78 is 4.49. The molecule has 1 N–H and O–H groups in total. The van der Waals surface area contributed by atoms with Gasteiger partial charge in [0.05, 0.1) is 18.8 Å². The maximum atomic E-state index is 11.4. The van der Waals surface area contributed by atoms with Crippen LogP contribution in [0.25, 0.3) is 10.9 Å². The largest absolute Gasteiger partial charge is 0.465 e. The first-order chi connectivity index (χ1) is 7.22. The predicted molar refractivity (Wildman–Crippen MR) is 53.7 cm³/mol. The van der Waals surface area contributed by atoms with Gasteiger partial charge in [0, 0.05) is 11.6 Å². The number of hydrogen-bond acceptors (Lipinski definition) is 4. The molecule has 2 heterocycles. The van der Waals surface area contributed by atoms with Crippen molar-refractivity contribution in [3.8, 4) is 0 Å². The molecule has 2 rings (SSSR count). The van der Waals surface area contributed by atoms with Crippen LogP contribution in [0.2, 0.25) is 0 Å². The molecule has 0 radical (unpaired) electrons. The highest BCUT2D eigenvalue weighted by atomic mass is 16.5. The van der Waals surface area contributed by atoms with Crippen LogP contribution < -0.4 is 5.56 Å². The Morgan fingerprint density at radius 1 is 1.53 bits per heavy atom. The van der Waals surface area contributed by atoms with Gasteiger partial charge in [-0.05, 0) is 12.1 Å². The Morgan fingerprint density at radius 3 is 3.07 bits per heavy atom. The first kappa shape index (κ1) is 9.39. The summed E-state index contributed by atoms with van der Waals surface area (Å²) in [6.45, 7) is 0. The Kier molecular flexibility index (Phi) is 2.21. The van der Waals surface area contributed by atoms with Crippen LogP contribution in [0.15, 0.2) is 29.3 Å². The van der Waals surface area contributed by atoms with Crippen molar-refractivity contribution in [1.82, 2.24) is 9.97 Å². The van der Waals surface area contributed by atoms with Crippen LogP contribution in [0.1, 0.15) is 10.4 Å². The monoisotopic (exact) mass is 204 g/mol. The number of rotatable bonds is 1. The Bertz CT molecular complexity index is 574. The number of carbonyl (C=O) groups excluding carboxylic acids is 1. The van der Waals surface area contributed by atoms with Crippen LogP contribution in [-0.4, -0.2) is 23.0 Å². The summed E-state index contributed by atoms with van der Waals surface area (Å²) >= 11 is 0. The summed E-state index contributed by atoms with van der Waals surface area (Å²) in [7, 11) is 1.23. The molecular formula is C10H8N2O3. The minimum Gasteiger partial charge on any atom is -0.465 e. The van der Waals surface area contributed by atoms with Gasteiger partial charge in [0.2, 0.25) is 0 Å². The molecule has 0 aliphatic rings. The minimum absolute atomic E-state index is 0.00352. The van der Waals surface area contributed by atoms with Gasteiger partial charge < -0.3 is 9.72 Å². The molecule has 15 heavy (non-hydrogen) atoms. The van der Waals surface area contributed by atoms with E-state index in [-0.39, 0.29) is 5.56 Å². The zero-order valence-corrected chi connectivity index (χ0v) is 7.98. The highest BCUT2D eigenvalue weighted by Gasteiger charge is 2.11. The molecule has 2 aromatic rings. The van der Waals surface area contributed by atoms with Crippen molar-refractivity contribution < 1.29 is 9.53 Å². The molecule has 76 valence electrons. The molecule has 0 aromatic carbocycles. The van der Waals surface area contributed by atoms with E-state index in [0.29, 0.717) is 5.52 Å². The van der Waals surface area contributed by atoms with E-state index < -0.39 is 11.5 Å². The lowest BCUT2D eigenvalue weighted by atomic mass is 10.2. The van der Waals surface area contributed by atoms with Crippen LogP contribution in [0.3, 0.4) is 0 Å². The third-order valence-corrected chi connectivity index (χ3v) is 2.05. The lowest BCUT2D eigenvalue weighted by Gasteiger charge is -2.00. The second kappa shape index (κ2) is 3.53. The van der Waals surface area contributed by atoms with Crippen molar-refractivity contribution in [3.63, 3.8) is 0 Å². The third kappa shape index (κ3) is 1.59. The van der Waals surface area contributed by atoms with Crippen molar-refractivity contribution in [1.29, 1.82) is 0 Å². The Labute approximate surface area is 84.7 Å². The van der Waals surface area contributed by atoms with Gasteiger partial charge in [-0.25, -0.2) is 4.79 Å². The van der Waals surface area contributed by atoms with Crippen molar-refractivity contribution in [3.05, 3.63) is 40.4 Å². The van der Waals surface area contributed by atoms with Crippen LogP contribution >= 0.6 is 0 Å². The molecule has 0 saturated heterocycles. The number of methoxy groups -OCH3 is 1. The number of aromatic amines is 1. The van der Waals surface area contributed by atoms with E-state index in [1.54, 1.807) is 12.3 Å². The number of H-pyrrole nitrogens is 1. The van der Waals surface area contributed by atoms with Gasteiger partial charge >= 0.3 is 5.97 Å². The standard InChI is InChI=1S/C10H8N2O3/c1-15-10(14)7-4-6-2-3-11-5-8(6)12-9(7)13/h2-5H,1H3,(H,12,13). The van der Waals surface area contributed by atoms with E-state index in [2.05, 4.69) is 14.7 Å². The fourth-order valence-electron chi connectivity index (χ4n) is 1.31. The Hall–Kier alpha value is -2.17. The molecule has 0 aliphatic heterocycles. The fraction of sp³-hybridized carbons (Fsp3) is 0.100. The molecule has 0 fully saturated rings. The normalized spacial score (nSPS) is 10.2. The van der Waals surface area contributed by atoms with Gasteiger partial charge in [0.1, 0.15) is 5.56 Å². The molecule has 0 bridgehead atoms. The zero-order chi connectivity index (χ0) is 10.8. The van der Waals surface area contributed by atoms with E-state index in [4.69, 9.17) is 0 Å². The molecule has 0 saturated carbocycles. The van der Waals surface area contributed by atoms with Gasteiger partial charge in [0.25, 0.3) is 5.56 Å². The lowest BCUT2D eigenvalue weighted by molar-refractivity contribution is 0.0599. The van der Waals surface area contributed by atoms with E-state index in [0.717, 1.165) is 5.39 Å². The first-order valence-corrected chi connectivity index (χ1v) is 4.28. The second-order valence-corrected chi connectivity index (χ2v) is 2.97. The molecule has 0 amide bonds. The fourth-order valence-corrected chi connectivity index (χ4v) is 1.31. The van der Waals surface area contributed by atoms with E-state index in [1.165, 1.54) is 19.4 Å². The number of hydrogen-bond donors (Lipinski definition) is 1. The number of carbonyl (C=O) groups is 1. The SMILES string of the molecule is COC(=O)c1cc2ccncc2[nH]c1=O. The Balaban J connectivity index is 2.73. The van der Waals surface area contributed by atoms with Gasteiger partial charge in [0.15, 0.2) is 0 Å². The second-order valence-electron chi connectivity index (χ2n) is 2.97. The summed E-state index contributed by atoms with van der Waals surface area (Å²) in [5.74, 6) is -0.644. The van der Waals surface area contributed by atoms with Gasteiger partial charge in [-0.15, -0.1) is 0 Å². The van der Waals surface area contributed by atoms with Gasteiger partial charge in [-0.2, -0.15) is 0 Å². The minimum atomic E-state index is -0.644.